The molecular weight excluding hydrogens is 637 g/mol. The zero-order valence-corrected chi connectivity index (χ0v) is 26.1. The Hall–Kier alpha value is -4.22. The lowest BCUT2D eigenvalue weighted by Gasteiger charge is -2.22. The van der Waals surface area contributed by atoms with Gasteiger partial charge < -0.3 is 5.11 Å². The number of Topliss-reactive ketones (excluding diaryl/α,β-unsaturated/α-hetero) is 1. The number of carbonyl (C=O) groups is 2. The number of fused-ring (bicyclic) bond motifs is 2. The zero-order chi connectivity index (χ0) is 30.5. The number of halogens is 2. The molecule has 1 unspecified atom stereocenters. The lowest BCUT2D eigenvalue weighted by molar-refractivity contribution is -0.132. The molecule has 6 aromatic rings. The topological polar surface area (TPSA) is 101 Å². The molecule has 0 aliphatic carbocycles. The lowest BCUT2D eigenvalue weighted by Crippen LogP contribution is -2.29. The molecule has 7 rings (SSSR count). The molecule has 0 saturated carbocycles. The normalized spacial score (nSPS) is 16.4. The fourth-order valence-electron chi connectivity index (χ4n) is 5.47. The standard InChI is InChI=1S/C32H21Cl2N5O3S2/c1-17-26(38-14-5-4-11-24(38)35-17)28(40)25-27(19-12-13-22(33)23(34)15-19)39(30(42)29(25)41)31-36-37-32(44-31)43-16-20-9-6-8-18-7-2-3-10-21(18)20/h2-15,27,40H,16H2,1H3. The van der Waals surface area contributed by atoms with Gasteiger partial charge in [0.1, 0.15) is 11.3 Å². The van der Waals surface area contributed by atoms with Crippen LogP contribution in [0.15, 0.2) is 95.0 Å². The van der Waals surface area contributed by atoms with Crippen LogP contribution in [0.4, 0.5) is 5.13 Å². The minimum absolute atomic E-state index is 0.109. The van der Waals surface area contributed by atoms with Crippen LogP contribution in [0.2, 0.25) is 10.0 Å². The molecule has 1 saturated heterocycles. The first kappa shape index (κ1) is 28.5. The van der Waals surface area contributed by atoms with Crippen molar-refractivity contribution in [1.82, 2.24) is 19.6 Å². The van der Waals surface area contributed by atoms with Crippen LogP contribution in [0.3, 0.4) is 0 Å². The molecule has 0 radical (unpaired) electrons. The van der Waals surface area contributed by atoms with Crippen molar-refractivity contribution in [3.05, 3.63) is 123 Å². The number of pyridine rings is 1. The van der Waals surface area contributed by atoms with E-state index in [-0.39, 0.29) is 21.5 Å². The maximum Gasteiger partial charge on any atom is 0.301 e. The van der Waals surface area contributed by atoms with Crippen molar-refractivity contribution < 1.29 is 14.7 Å². The number of carbonyl (C=O) groups excluding carboxylic acids is 2. The van der Waals surface area contributed by atoms with Gasteiger partial charge in [-0.2, -0.15) is 0 Å². The van der Waals surface area contributed by atoms with E-state index in [1.165, 1.54) is 28.0 Å². The third kappa shape index (κ3) is 4.84. The number of thioether (sulfide) groups is 1. The molecule has 0 bridgehead atoms. The molecule has 1 fully saturated rings. The van der Waals surface area contributed by atoms with E-state index in [1.807, 2.05) is 24.3 Å². The Morgan fingerprint density at radius 2 is 1.77 bits per heavy atom. The summed E-state index contributed by atoms with van der Waals surface area (Å²) in [6.07, 6.45) is 1.73. The number of ketones is 1. The fourth-order valence-corrected chi connectivity index (χ4v) is 7.65. The molecular formula is C32H21Cl2N5O3S2. The van der Waals surface area contributed by atoms with Crippen LogP contribution in [0.5, 0.6) is 0 Å². The maximum absolute atomic E-state index is 13.7. The molecule has 1 aliphatic rings. The van der Waals surface area contributed by atoms with Gasteiger partial charge in [-0.05, 0) is 53.1 Å². The Kier molecular flexibility index (Phi) is 7.37. The molecule has 44 heavy (non-hydrogen) atoms. The fraction of sp³-hybridized carbons (Fsp3) is 0.0938. The van der Waals surface area contributed by atoms with Crippen molar-refractivity contribution in [2.24, 2.45) is 0 Å². The van der Waals surface area contributed by atoms with Crippen molar-refractivity contribution in [3.8, 4) is 0 Å². The van der Waals surface area contributed by atoms with E-state index in [2.05, 4.69) is 39.4 Å². The van der Waals surface area contributed by atoms with Crippen LogP contribution in [-0.2, 0) is 15.3 Å². The third-order valence-electron chi connectivity index (χ3n) is 7.47. The van der Waals surface area contributed by atoms with Gasteiger partial charge in [0.05, 0.1) is 27.4 Å². The second-order valence-electron chi connectivity index (χ2n) is 10.1. The summed E-state index contributed by atoms with van der Waals surface area (Å²) in [6.45, 7) is 1.73. The molecule has 3 aromatic heterocycles. The summed E-state index contributed by atoms with van der Waals surface area (Å²) in [4.78, 5) is 33.2. The average molecular weight is 659 g/mol. The number of imidazole rings is 1. The van der Waals surface area contributed by atoms with E-state index in [0.717, 1.165) is 16.3 Å². The molecule has 218 valence electrons. The van der Waals surface area contributed by atoms with E-state index < -0.39 is 17.7 Å². The summed E-state index contributed by atoms with van der Waals surface area (Å²) < 4.78 is 2.30. The first-order chi connectivity index (χ1) is 21.3. The van der Waals surface area contributed by atoms with Gasteiger partial charge in [-0.1, -0.05) is 101 Å². The van der Waals surface area contributed by atoms with Gasteiger partial charge in [0, 0.05) is 11.9 Å². The number of aryl methyl sites for hydroxylation is 1. The number of hydrogen-bond donors (Lipinski definition) is 1. The molecule has 4 heterocycles. The van der Waals surface area contributed by atoms with Crippen LogP contribution in [-0.4, -0.2) is 36.4 Å². The predicted octanol–water partition coefficient (Wildman–Crippen LogP) is 7.87. The van der Waals surface area contributed by atoms with E-state index >= 15 is 0 Å². The van der Waals surface area contributed by atoms with Gasteiger partial charge in [0.15, 0.2) is 10.1 Å². The average Bonchev–Trinajstić information content (AvgIpc) is 3.70. The summed E-state index contributed by atoms with van der Waals surface area (Å²) >= 11 is 15.3. The highest BCUT2D eigenvalue weighted by Crippen LogP contribution is 2.45. The quantitative estimate of drug-likeness (QED) is 0.0639. The Morgan fingerprint density at radius 3 is 2.61 bits per heavy atom. The molecule has 12 heteroatoms. The second-order valence-corrected chi connectivity index (χ2v) is 13.1. The minimum atomic E-state index is -1.04. The molecule has 0 spiro atoms. The van der Waals surface area contributed by atoms with Gasteiger partial charge in [-0.15, -0.1) is 10.2 Å². The summed E-state index contributed by atoms with van der Waals surface area (Å²) in [5.74, 6) is -1.41. The van der Waals surface area contributed by atoms with Crippen molar-refractivity contribution in [3.63, 3.8) is 0 Å². The summed E-state index contributed by atoms with van der Waals surface area (Å²) in [7, 11) is 0. The molecule has 1 atom stereocenters. The van der Waals surface area contributed by atoms with Crippen molar-refractivity contribution in [2.75, 3.05) is 4.90 Å². The van der Waals surface area contributed by atoms with Gasteiger partial charge in [0.2, 0.25) is 5.13 Å². The number of aromatic nitrogens is 4. The van der Waals surface area contributed by atoms with E-state index in [4.69, 9.17) is 23.2 Å². The molecule has 1 N–H and O–H groups in total. The highest BCUT2D eigenvalue weighted by molar-refractivity contribution is 8.00. The number of anilines is 1. The van der Waals surface area contributed by atoms with Gasteiger partial charge in [0.25, 0.3) is 5.78 Å². The number of benzene rings is 3. The number of hydrogen-bond acceptors (Lipinski definition) is 8. The van der Waals surface area contributed by atoms with Crippen LogP contribution in [0.1, 0.15) is 28.6 Å². The third-order valence-corrected chi connectivity index (χ3v) is 10.3. The zero-order valence-electron chi connectivity index (χ0n) is 22.9. The number of aliphatic hydroxyl groups is 1. The SMILES string of the molecule is Cc1nc2ccccn2c1C(O)=C1C(=O)C(=O)N(c2nnc(SCc3cccc4ccccc34)s2)C1c1ccc(Cl)c(Cl)c1. The van der Waals surface area contributed by atoms with Gasteiger partial charge in [-0.25, -0.2) is 4.98 Å². The minimum Gasteiger partial charge on any atom is -0.505 e. The van der Waals surface area contributed by atoms with Crippen LogP contribution < -0.4 is 4.90 Å². The summed E-state index contributed by atoms with van der Waals surface area (Å²) in [5.41, 5.74) is 2.91. The summed E-state index contributed by atoms with van der Waals surface area (Å²) in [5, 5.41) is 23.4. The Labute approximate surface area is 269 Å². The van der Waals surface area contributed by atoms with E-state index in [0.29, 0.717) is 37.7 Å². The largest absolute Gasteiger partial charge is 0.505 e. The predicted molar refractivity (Wildman–Crippen MR) is 175 cm³/mol. The second kappa shape index (κ2) is 11.4. The summed E-state index contributed by atoms with van der Waals surface area (Å²) in [6, 6.07) is 23.5. The highest BCUT2D eigenvalue weighted by Gasteiger charge is 2.49. The van der Waals surface area contributed by atoms with Crippen LogP contribution >= 0.6 is 46.3 Å². The first-order valence-electron chi connectivity index (χ1n) is 13.4. The van der Waals surface area contributed by atoms with Crippen LogP contribution in [0.25, 0.3) is 22.2 Å². The first-order valence-corrected chi connectivity index (χ1v) is 16.0. The lowest BCUT2D eigenvalue weighted by atomic mass is 9.96. The van der Waals surface area contributed by atoms with E-state index in [9.17, 15) is 14.7 Å². The molecule has 8 nitrogen and oxygen atoms in total. The van der Waals surface area contributed by atoms with Crippen molar-refractivity contribution in [2.45, 2.75) is 23.1 Å². The molecule has 1 aliphatic heterocycles. The van der Waals surface area contributed by atoms with Crippen molar-refractivity contribution >= 4 is 85.3 Å². The van der Waals surface area contributed by atoms with Gasteiger partial charge in [-0.3, -0.25) is 18.9 Å². The van der Waals surface area contributed by atoms with Crippen LogP contribution in [0, 0.1) is 6.92 Å². The Morgan fingerprint density at radius 1 is 0.977 bits per heavy atom. The van der Waals surface area contributed by atoms with Gasteiger partial charge >= 0.3 is 5.91 Å². The smallest absolute Gasteiger partial charge is 0.301 e. The number of rotatable bonds is 6. The Balaban J connectivity index is 1.30. The van der Waals surface area contributed by atoms with E-state index in [1.54, 1.807) is 47.9 Å². The molecule has 1 amide bonds. The molecule has 3 aromatic carbocycles. The maximum atomic E-state index is 13.7. The number of aliphatic hydroxyl groups excluding tert-OH is 1. The number of amides is 1. The Bertz CT molecular complexity index is 2150. The van der Waals surface area contributed by atoms with Crippen molar-refractivity contribution in [1.29, 1.82) is 0 Å². The number of nitrogens with zero attached hydrogens (tertiary/aromatic N) is 5. The highest BCUT2D eigenvalue weighted by atomic mass is 35.5. The monoisotopic (exact) mass is 657 g/mol.